The van der Waals surface area contributed by atoms with Crippen LogP contribution >= 0.6 is 0 Å². The van der Waals surface area contributed by atoms with Crippen LogP contribution < -0.4 is 20.5 Å². The number of unbranched alkanes of at least 4 members (excludes halogenated alkanes) is 1. The molecule has 3 aromatic rings. The molecule has 0 aliphatic heterocycles. The molecule has 150 valence electrons. The van der Waals surface area contributed by atoms with E-state index in [1.165, 1.54) is 0 Å². The number of carbonyl (C=O) groups excluding carboxylic acids is 1. The van der Waals surface area contributed by atoms with Gasteiger partial charge >= 0.3 is 0 Å². The fourth-order valence-corrected chi connectivity index (χ4v) is 2.63. The molecule has 0 saturated heterocycles. The average molecular weight is 393 g/mol. The number of aromatic nitrogens is 3. The van der Waals surface area contributed by atoms with Gasteiger partial charge in [0.1, 0.15) is 23.0 Å². The van der Waals surface area contributed by atoms with Crippen molar-refractivity contribution in [3.05, 3.63) is 54.6 Å². The van der Waals surface area contributed by atoms with Gasteiger partial charge in [0.15, 0.2) is 0 Å². The lowest BCUT2D eigenvalue weighted by Gasteiger charge is -2.11. The number of hydrogen-bond acceptors (Lipinski definition) is 7. The van der Waals surface area contributed by atoms with Crippen molar-refractivity contribution in [2.24, 2.45) is 0 Å². The molecule has 0 aliphatic carbocycles. The molecule has 0 fully saturated rings. The molecule has 0 bridgehead atoms. The maximum Gasteiger partial charge on any atom is 0.211 e. The van der Waals surface area contributed by atoms with E-state index in [4.69, 9.17) is 15.2 Å². The second-order valence-electron chi connectivity index (χ2n) is 6.29. The first-order chi connectivity index (χ1) is 14.2. The Balaban J connectivity index is 1.45. The molecule has 8 nitrogen and oxygen atoms in total. The van der Waals surface area contributed by atoms with E-state index in [0.29, 0.717) is 42.6 Å². The first-order valence-electron chi connectivity index (χ1n) is 9.26. The van der Waals surface area contributed by atoms with Crippen LogP contribution in [0.5, 0.6) is 11.5 Å². The molecule has 0 unspecified atom stereocenters. The molecule has 2 heterocycles. The van der Waals surface area contributed by atoms with E-state index in [1.54, 1.807) is 24.7 Å². The predicted molar refractivity (Wildman–Crippen MR) is 111 cm³/mol. The maximum absolute atomic E-state index is 10.6. The molecule has 1 amide bonds. The number of carbonyl (C=O) groups is 1. The number of amides is 1. The summed E-state index contributed by atoms with van der Waals surface area (Å²) in [6.07, 6.45) is 7.06. The van der Waals surface area contributed by atoms with Gasteiger partial charge in [-0.05, 0) is 31.9 Å². The van der Waals surface area contributed by atoms with E-state index in [2.05, 4.69) is 20.3 Å². The number of anilines is 2. The van der Waals surface area contributed by atoms with Gasteiger partial charge in [0.2, 0.25) is 6.41 Å². The van der Waals surface area contributed by atoms with Crippen LogP contribution in [-0.4, -0.2) is 34.6 Å². The van der Waals surface area contributed by atoms with Crippen molar-refractivity contribution in [3.8, 4) is 22.8 Å². The highest BCUT2D eigenvalue weighted by atomic mass is 16.5. The van der Waals surface area contributed by atoms with Gasteiger partial charge in [0.25, 0.3) is 0 Å². The first kappa shape index (κ1) is 20.1. The van der Waals surface area contributed by atoms with Gasteiger partial charge in [-0.3, -0.25) is 9.78 Å². The van der Waals surface area contributed by atoms with Gasteiger partial charge in [0, 0.05) is 17.8 Å². The summed E-state index contributed by atoms with van der Waals surface area (Å²) < 4.78 is 11.5. The smallest absolute Gasteiger partial charge is 0.211 e. The van der Waals surface area contributed by atoms with Gasteiger partial charge in [-0.25, -0.2) is 9.97 Å². The van der Waals surface area contributed by atoms with Crippen LogP contribution in [0.2, 0.25) is 0 Å². The lowest BCUT2D eigenvalue weighted by Crippen LogP contribution is -2.05. The Morgan fingerprint density at radius 1 is 1.14 bits per heavy atom. The molecule has 29 heavy (non-hydrogen) atoms. The standard InChI is InChI=1S/C21H23N5O3/c1-15-21(22)24-13-18(26-15)16-5-4-6-17(11-16)28-9-2-3-10-29-20-7-8-23-12-19(20)25-14-27/h4-8,11-14H,2-3,9-10H2,1H3,(H2,22,24)(H,25,27). The fourth-order valence-electron chi connectivity index (χ4n) is 2.63. The maximum atomic E-state index is 10.6. The van der Waals surface area contributed by atoms with Crippen LogP contribution in [0, 0.1) is 6.92 Å². The van der Waals surface area contributed by atoms with Gasteiger partial charge in [0.05, 0.1) is 37.0 Å². The molecule has 0 aliphatic rings. The number of hydrogen-bond donors (Lipinski definition) is 2. The quantitative estimate of drug-likeness (QED) is 0.402. The third-order valence-corrected chi connectivity index (χ3v) is 4.18. The number of pyridine rings is 1. The van der Waals surface area contributed by atoms with Gasteiger partial charge in [-0.2, -0.15) is 0 Å². The summed E-state index contributed by atoms with van der Waals surface area (Å²) in [5.41, 5.74) is 8.67. The molecule has 2 aromatic heterocycles. The van der Waals surface area contributed by atoms with Crippen LogP contribution in [0.4, 0.5) is 11.5 Å². The van der Waals surface area contributed by atoms with Crippen molar-refractivity contribution < 1.29 is 14.3 Å². The van der Waals surface area contributed by atoms with E-state index in [9.17, 15) is 4.79 Å². The van der Waals surface area contributed by atoms with E-state index >= 15 is 0 Å². The third-order valence-electron chi connectivity index (χ3n) is 4.18. The Morgan fingerprint density at radius 3 is 2.76 bits per heavy atom. The van der Waals surface area contributed by atoms with Gasteiger partial charge < -0.3 is 20.5 Å². The summed E-state index contributed by atoms with van der Waals surface area (Å²) in [5.74, 6) is 1.80. The molecule has 1 aromatic carbocycles. The second-order valence-corrected chi connectivity index (χ2v) is 6.29. The van der Waals surface area contributed by atoms with Crippen LogP contribution in [0.25, 0.3) is 11.3 Å². The molecule has 0 radical (unpaired) electrons. The minimum atomic E-state index is 0.434. The van der Waals surface area contributed by atoms with E-state index in [-0.39, 0.29) is 0 Å². The topological polar surface area (TPSA) is 112 Å². The zero-order chi connectivity index (χ0) is 20.5. The lowest BCUT2D eigenvalue weighted by atomic mass is 10.1. The summed E-state index contributed by atoms with van der Waals surface area (Å²) >= 11 is 0. The summed E-state index contributed by atoms with van der Waals surface area (Å²) in [4.78, 5) is 23.2. The van der Waals surface area contributed by atoms with Crippen molar-refractivity contribution >= 4 is 17.9 Å². The Bertz CT molecular complexity index is 965. The predicted octanol–water partition coefficient (Wildman–Crippen LogP) is 3.24. The molecule has 3 N–H and O–H groups in total. The summed E-state index contributed by atoms with van der Waals surface area (Å²) in [6.45, 7) is 2.91. The number of benzene rings is 1. The molecular weight excluding hydrogens is 370 g/mol. The monoisotopic (exact) mass is 393 g/mol. The summed E-state index contributed by atoms with van der Waals surface area (Å²) in [6, 6.07) is 9.44. The molecule has 0 atom stereocenters. The van der Waals surface area contributed by atoms with Crippen LogP contribution in [-0.2, 0) is 4.79 Å². The minimum Gasteiger partial charge on any atom is -0.494 e. The van der Waals surface area contributed by atoms with Crippen molar-refractivity contribution in [1.82, 2.24) is 15.0 Å². The third kappa shape index (κ3) is 5.65. The Hall–Kier alpha value is -3.68. The molecule has 0 spiro atoms. The highest BCUT2D eigenvalue weighted by molar-refractivity contribution is 5.74. The van der Waals surface area contributed by atoms with Crippen LogP contribution in [0.15, 0.2) is 48.9 Å². The number of rotatable bonds is 10. The Morgan fingerprint density at radius 2 is 1.97 bits per heavy atom. The van der Waals surface area contributed by atoms with Crippen molar-refractivity contribution in [1.29, 1.82) is 0 Å². The SMILES string of the molecule is Cc1nc(-c2cccc(OCCCCOc3ccncc3NC=O)c2)cnc1N. The number of aryl methyl sites for hydroxylation is 1. The van der Waals surface area contributed by atoms with Gasteiger partial charge in [-0.1, -0.05) is 12.1 Å². The molecule has 0 saturated carbocycles. The lowest BCUT2D eigenvalue weighted by molar-refractivity contribution is -0.105. The van der Waals surface area contributed by atoms with Crippen molar-refractivity contribution in [3.63, 3.8) is 0 Å². The van der Waals surface area contributed by atoms with E-state index in [1.807, 2.05) is 31.2 Å². The van der Waals surface area contributed by atoms with E-state index in [0.717, 1.165) is 29.8 Å². The molecule has 3 rings (SSSR count). The Kier molecular flexibility index (Phi) is 6.94. The highest BCUT2D eigenvalue weighted by Gasteiger charge is 2.05. The highest BCUT2D eigenvalue weighted by Crippen LogP contribution is 2.24. The zero-order valence-electron chi connectivity index (χ0n) is 16.2. The number of ether oxygens (including phenoxy) is 2. The Labute approximate surface area is 169 Å². The number of nitrogens with one attached hydrogen (secondary N) is 1. The number of nitrogen functional groups attached to an aromatic ring is 1. The number of nitrogens with zero attached hydrogens (tertiary/aromatic N) is 3. The normalized spacial score (nSPS) is 10.4. The van der Waals surface area contributed by atoms with Crippen LogP contribution in [0.3, 0.4) is 0 Å². The van der Waals surface area contributed by atoms with Crippen LogP contribution in [0.1, 0.15) is 18.5 Å². The average Bonchev–Trinajstić information content (AvgIpc) is 2.74. The summed E-state index contributed by atoms with van der Waals surface area (Å²) in [7, 11) is 0. The zero-order valence-corrected chi connectivity index (χ0v) is 16.2. The summed E-state index contributed by atoms with van der Waals surface area (Å²) in [5, 5.41) is 2.57. The van der Waals surface area contributed by atoms with E-state index < -0.39 is 0 Å². The van der Waals surface area contributed by atoms with Crippen molar-refractivity contribution in [2.45, 2.75) is 19.8 Å². The fraction of sp³-hybridized carbons (Fsp3) is 0.238. The molecular formula is C21H23N5O3. The second kappa shape index (κ2) is 10.0. The van der Waals surface area contributed by atoms with Gasteiger partial charge in [-0.15, -0.1) is 0 Å². The number of nitrogens with two attached hydrogens (primary N) is 1. The first-order valence-corrected chi connectivity index (χ1v) is 9.26. The van der Waals surface area contributed by atoms with Crippen molar-refractivity contribution in [2.75, 3.05) is 24.3 Å². The molecule has 8 heteroatoms. The minimum absolute atomic E-state index is 0.434. The largest absolute Gasteiger partial charge is 0.494 e.